The van der Waals surface area contributed by atoms with Crippen LogP contribution in [0.1, 0.15) is 213 Å². The smallest absolute Gasteiger partial charge is 0.311 e. The van der Waals surface area contributed by atoms with Gasteiger partial charge in [0, 0.05) is 0 Å². The van der Waals surface area contributed by atoms with E-state index in [4.69, 9.17) is 4.74 Å². The third kappa shape index (κ3) is 33.3. The molecule has 0 aliphatic rings. The van der Waals surface area contributed by atoms with Crippen LogP contribution in [0, 0.1) is 5.92 Å². The van der Waals surface area contributed by atoms with Crippen molar-refractivity contribution in [2.45, 2.75) is 213 Å². The molecule has 0 saturated heterocycles. The zero-order valence-electron chi connectivity index (χ0n) is 29.5. The maximum Gasteiger partial charge on any atom is 0.311 e. The molecule has 1 atom stereocenters. The van der Waals surface area contributed by atoms with Crippen molar-refractivity contribution in [1.29, 1.82) is 0 Å². The Hall–Kier alpha value is -1.58. The lowest BCUT2D eigenvalue weighted by atomic mass is 10.0. The molecule has 4 nitrogen and oxygen atoms in total. The standard InChI is InChI=1S/C40H74O4/c1-3-5-7-9-11-13-15-17-19-21-23-25-27-29-31-33-35-38(40(42)43)37-39(41)44-36-34-32-30-28-26-24-22-20-18-16-14-12-10-8-6-4-2/h31,33-34,36,38H,3-30,32,35,37H2,1-2H3,(H,42,43)/b33-31+,36-34+. The van der Waals surface area contributed by atoms with Crippen molar-refractivity contribution >= 4 is 11.9 Å². The second-order valence-corrected chi connectivity index (χ2v) is 13.2. The van der Waals surface area contributed by atoms with Gasteiger partial charge in [0.1, 0.15) is 0 Å². The Morgan fingerprint density at radius 1 is 0.500 bits per heavy atom. The molecule has 258 valence electrons. The molecule has 1 N–H and O–H groups in total. The summed E-state index contributed by atoms with van der Waals surface area (Å²) in [6.07, 6.45) is 45.8. The van der Waals surface area contributed by atoms with Crippen LogP contribution in [-0.4, -0.2) is 17.0 Å². The van der Waals surface area contributed by atoms with Gasteiger partial charge in [0.25, 0.3) is 0 Å². The lowest BCUT2D eigenvalue weighted by molar-refractivity contribution is -0.148. The summed E-state index contributed by atoms with van der Waals surface area (Å²) in [6.45, 7) is 4.54. The largest absolute Gasteiger partial charge is 0.481 e. The number of carboxylic acid groups (broad SMARTS) is 1. The third-order valence-electron chi connectivity index (χ3n) is 8.84. The topological polar surface area (TPSA) is 63.6 Å². The van der Waals surface area contributed by atoms with Gasteiger partial charge in [0.05, 0.1) is 18.6 Å². The number of rotatable bonds is 35. The molecular weight excluding hydrogens is 544 g/mol. The highest BCUT2D eigenvalue weighted by Crippen LogP contribution is 2.16. The molecule has 0 spiro atoms. The minimum atomic E-state index is -0.932. The second-order valence-electron chi connectivity index (χ2n) is 13.2. The minimum Gasteiger partial charge on any atom is -0.481 e. The number of carbonyl (C=O) groups is 2. The summed E-state index contributed by atoms with van der Waals surface area (Å²) in [7, 11) is 0. The summed E-state index contributed by atoms with van der Waals surface area (Å²) in [5, 5.41) is 9.51. The summed E-state index contributed by atoms with van der Waals surface area (Å²) in [5.74, 6) is -2.11. The van der Waals surface area contributed by atoms with E-state index in [2.05, 4.69) is 19.9 Å². The molecule has 1 unspecified atom stereocenters. The number of hydrogen-bond donors (Lipinski definition) is 1. The van der Waals surface area contributed by atoms with Gasteiger partial charge in [-0.25, -0.2) is 0 Å². The number of carbonyl (C=O) groups excluding carboxylic acids is 1. The molecular formula is C40H74O4. The van der Waals surface area contributed by atoms with Crippen molar-refractivity contribution in [1.82, 2.24) is 0 Å². The van der Waals surface area contributed by atoms with E-state index in [1.165, 1.54) is 167 Å². The van der Waals surface area contributed by atoms with Crippen molar-refractivity contribution in [3.63, 3.8) is 0 Å². The van der Waals surface area contributed by atoms with Crippen LogP contribution in [-0.2, 0) is 14.3 Å². The van der Waals surface area contributed by atoms with E-state index < -0.39 is 17.9 Å². The van der Waals surface area contributed by atoms with Crippen LogP contribution >= 0.6 is 0 Å². The van der Waals surface area contributed by atoms with E-state index in [-0.39, 0.29) is 6.42 Å². The lowest BCUT2D eigenvalue weighted by Crippen LogP contribution is -2.18. The van der Waals surface area contributed by atoms with Gasteiger partial charge in [-0.1, -0.05) is 187 Å². The van der Waals surface area contributed by atoms with Crippen molar-refractivity contribution in [3.05, 3.63) is 24.5 Å². The molecule has 44 heavy (non-hydrogen) atoms. The Bertz CT molecular complexity index is 668. The number of allylic oxidation sites excluding steroid dienone is 3. The fourth-order valence-corrected chi connectivity index (χ4v) is 5.83. The highest BCUT2D eigenvalue weighted by Gasteiger charge is 2.20. The number of carboxylic acids is 1. The van der Waals surface area contributed by atoms with E-state index in [0.717, 1.165) is 25.7 Å². The van der Waals surface area contributed by atoms with Gasteiger partial charge in [-0.3, -0.25) is 9.59 Å². The van der Waals surface area contributed by atoms with Gasteiger partial charge in [-0.05, 0) is 38.2 Å². The summed E-state index contributed by atoms with van der Waals surface area (Å²) in [5.41, 5.74) is 0. The predicted molar refractivity (Wildman–Crippen MR) is 190 cm³/mol. The molecule has 0 aromatic rings. The van der Waals surface area contributed by atoms with Crippen LogP contribution in [0.4, 0.5) is 0 Å². The molecule has 0 saturated carbocycles. The summed E-state index contributed by atoms with van der Waals surface area (Å²) in [6, 6.07) is 0. The molecule has 0 aromatic heterocycles. The number of aliphatic carboxylic acids is 1. The Morgan fingerprint density at radius 2 is 0.841 bits per heavy atom. The first-order valence-corrected chi connectivity index (χ1v) is 19.3. The molecule has 0 aromatic carbocycles. The predicted octanol–water partition coefficient (Wildman–Crippen LogP) is 13.4. The van der Waals surface area contributed by atoms with Gasteiger partial charge < -0.3 is 9.84 Å². The van der Waals surface area contributed by atoms with Gasteiger partial charge in [0.15, 0.2) is 0 Å². The molecule has 0 amide bonds. The van der Waals surface area contributed by atoms with Gasteiger partial charge >= 0.3 is 11.9 Å². The van der Waals surface area contributed by atoms with E-state index >= 15 is 0 Å². The first kappa shape index (κ1) is 42.4. The van der Waals surface area contributed by atoms with Gasteiger partial charge in [-0.2, -0.15) is 0 Å². The number of hydrogen-bond acceptors (Lipinski definition) is 3. The minimum absolute atomic E-state index is 0.0817. The summed E-state index contributed by atoms with van der Waals surface area (Å²) in [4.78, 5) is 23.7. The van der Waals surface area contributed by atoms with E-state index in [1.807, 2.05) is 12.2 Å². The molecule has 4 heteroatoms. The first-order chi connectivity index (χ1) is 21.6. The SMILES string of the molecule is CCCCCCCCCCCCCCC/C=C/CC(CC(=O)O/C=C/CCCCCCCCCCCCCCCC)C(=O)O. The van der Waals surface area contributed by atoms with Crippen LogP contribution < -0.4 is 0 Å². The second kappa shape index (κ2) is 35.9. The fraction of sp³-hybridized carbons (Fsp3) is 0.850. The van der Waals surface area contributed by atoms with Crippen molar-refractivity contribution in [2.24, 2.45) is 5.92 Å². The van der Waals surface area contributed by atoms with E-state index in [1.54, 1.807) is 0 Å². The Balaban J connectivity index is 3.63. The van der Waals surface area contributed by atoms with Crippen molar-refractivity contribution in [3.8, 4) is 0 Å². The van der Waals surface area contributed by atoms with Crippen molar-refractivity contribution < 1.29 is 19.4 Å². The maximum atomic E-state index is 12.1. The maximum absolute atomic E-state index is 12.1. The highest BCUT2D eigenvalue weighted by atomic mass is 16.5. The molecule has 0 bridgehead atoms. The highest BCUT2D eigenvalue weighted by molar-refractivity contribution is 5.79. The quantitative estimate of drug-likeness (QED) is 0.0332. The Kier molecular flexibility index (Phi) is 34.6. The van der Waals surface area contributed by atoms with Crippen LogP contribution in [0.5, 0.6) is 0 Å². The average molecular weight is 619 g/mol. The number of esters is 1. The average Bonchev–Trinajstić information content (AvgIpc) is 3.01. The summed E-state index contributed by atoms with van der Waals surface area (Å²) < 4.78 is 5.17. The lowest BCUT2D eigenvalue weighted by Gasteiger charge is -2.08. The summed E-state index contributed by atoms with van der Waals surface area (Å²) >= 11 is 0. The fourth-order valence-electron chi connectivity index (χ4n) is 5.83. The molecule has 0 heterocycles. The van der Waals surface area contributed by atoms with Crippen LogP contribution in [0.3, 0.4) is 0 Å². The van der Waals surface area contributed by atoms with E-state index in [0.29, 0.717) is 6.42 Å². The number of unbranched alkanes of at least 4 members (excludes halogenated alkanes) is 27. The molecule has 0 radical (unpaired) electrons. The third-order valence-corrected chi connectivity index (χ3v) is 8.84. The monoisotopic (exact) mass is 619 g/mol. The van der Waals surface area contributed by atoms with Crippen LogP contribution in [0.15, 0.2) is 24.5 Å². The van der Waals surface area contributed by atoms with E-state index in [9.17, 15) is 14.7 Å². The van der Waals surface area contributed by atoms with Gasteiger partial charge in [-0.15, -0.1) is 0 Å². The Labute approximate surface area is 274 Å². The molecule has 0 fully saturated rings. The normalized spacial score (nSPS) is 12.4. The van der Waals surface area contributed by atoms with Crippen LogP contribution in [0.2, 0.25) is 0 Å². The van der Waals surface area contributed by atoms with Gasteiger partial charge in [0.2, 0.25) is 0 Å². The number of ether oxygens (including phenoxy) is 1. The zero-order chi connectivity index (χ0) is 32.2. The molecule has 0 aliphatic carbocycles. The Morgan fingerprint density at radius 3 is 1.20 bits per heavy atom. The first-order valence-electron chi connectivity index (χ1n) is 19.3. The van der Waals surface area contributed by atoms with Crippen LogP contribution in [0.25, 0.3) is 0 Å². The zero-order valence-corrected chi connectivity index (χ0v) is 29.5. The molecule has 0 rings (SSSR count). The van der Waals surface area contributed by atoms with Crippen molar-refractivity contribution in [2.75, 3.05) is 0 Å². The molecule has 0 aliphatic heterocycles.